The van der Waals surface area contributed by atoms with Gasteiger partial charge in [0.1, 0.15) is 11.4 Å². The number of amides is 2. The Hall–Kier alpha value is -3.93. The lowest BCUT2D eigenvalue weighted by Crippen LogP contribution is -2.32. The first-order valence-electron chi connectivity index (χ1n) is 11.1. The molecule has 0 bridgehead atoms. The van der Waals surface area contributed by atoms with Gasteiger partial charge in [0.15, 0.2) is 0 Å². The van der Waals surface area contributed by atoms with Crippen LogP contribution in [0.15, 0.2) is 72.6 Å². The zero-order valence-electron chi connectivity index (χ0n) is 19.1. The molecule has 3 aromatic rings. The quantitative estimate of drug-likeness (QED) is 0.505. The van der Waals surface area contributed by atoms with Crippen LogP contribution in [0, 0.1) is 13.8 Å². The summed E-state index contributed by atoms with van der Waals surface area (Å²) in [5, 5.41) is 3.26. The van der Waals surface area contributed by atoms with Crippen molar-refractivity contribution >= 4 is 23.1 Å². The van der Waals surface area contributed by atoms with Gasteiger partial charge in [0.25, 0.3) is 11.8 Å². The summed E-state index contributed by atoms with van der Waals surface area (Å²) in [7, 11) is 0. The number of benzene rings is 2. The Balaban J connectivity index is 1.73. The SMILES string of the molecule is CCCOc1ccc(C2=C(Nc3cc(C)ccc3C)C(=O)N(Cc3ccccn3)C2=O)cc1. The Bertz CT molecular complexity index is 1200. The summed E-state index contributed by atoms with van der Waals surface area (Å²) in [6, 6.07) is 18.7. The molecule has 0 saturated carbocycles. The molecule has 2 amide bonds. The molecule has 2 aromatic carbocycles. The summed E-state index contributed by atoms with van der Waals surface area (Å²) >= 11 is 0. The largest absolute Gasteiger partial charge is 0.494 e. The van der Waals surface area contributed by atoms with Crippen LogP contribution in [-0.4, -0.2) is 28.3 Å². The summed E-state index contributed by atoms with van der Waals surface area (Å²) in [5.41, 5.74) is 4.77. The van der Waals surface area contributed by atoms with Crippen LogP contribution in [-0.2, 0) is 16.1 Å². The third kappa shape index (κ3) is 4.80. The maximum atomic E-state index is 13.5. The zero-order chi connectivity index (χ0) is 23.4. The van der Waals surface area contributed by atoms with E-state index in [9.17, 15) is 9.59 Å². The van der Waals surface area contributed by atoms with Crippen molar-refractivity contribution in [2.45, 2.75) is 33.7 Å². The van der Waals surface area contributed by atoms with Crippen molar-refractivity contribution in [2.24, 2.45) is 0 Å². The first kappa shape index (κ1) is 22.3. The maximum Gasteiger partial charge on any atom is 0.278 e. The highest BCUT2D eigenvalue weighted by atomic mass is 16.5. The van der Waals surface area contributed by atoms with Crippen LogP contribution in [0.1, 0.15) is 35.7 Å². The van der Waals surface area contributed by atoms with Gasteiger partial charge in [0.2, 0.25) is 0 Å². The molecule has 168 valence electrons. The minimum absolute atomic E-state index is 0.109. The molecule has 0 atom stereocenters. The van der Waals surface area contributed by atoms with Crippen molar-refractivity contribution in [3.63, 3.8) is 0 Å². The Morgan fingerprint density at radius 2 is 1.76 bits per heavy atom. The number of carbonyl (C=O) groups is 2. The van der Waals surface area contributed by atoms with Crippen LogP contribution >= 0.6 is 0 Å². The molecule has 33 heavy (non-hydrogen) atoms. The monoisotopic (exact) mass is 441 g/mol. The molecule has 0 fully saturated rings. The third-order valence-electron chi connectivity index (χ3n) is 5.48. The molecule has 6 heteroatoms. The normalized spacial score (nSPS) is 13.6. The van der Waals surface area contributed by atoms with Crippen molar-refractivity contribution in [3.05, 3.63) is 94.9 Å². The first-order chi connectivity index (χ1) is 16.0. The number of rotatable bonds is 8. The van der Waals surface area contributed by atoms with Crippen LogP contribution in [0.5, 0.6) is 5.75 Å². The molecule has 1 aliphatic rings. The van der Waals surface area contributed by atoms with Crippen LogP contribution in [0.2, 0.25) is 0 Å². The van der Waals surface area contributed by atoms with E-state index in [1.54, 1.807) is 18.3 Å². The smallest absolute Gasteiger partial charge is 0.278 e. The second-order valence-corrected chi connectivity index (χ2v) is 8.08. The molecular formula is C27H27N3O3. The number of hydrogen-bond donors (Lipinski definition) is 1. The van der Waals surface area contributed by atoms with Gasteiger partial charge < -0.3 is 10.1 Å². The van der Waals surface area contributed by atoms with Crippen molar-refractivity contribution in [2.75, 3.05) is 11.9 Å². The summed E-state index contributed by atoms with van der Waals surface area (Å²) in [6.45, 7) is 6.73. The number of aromatic nitrogens is 1. The van der Waals surface area contributed by atoms with Gasteiger partial charge in [-0.2, -0.15) is 0 Å². The highest BCUT2D eigenvalue weighted by Crippen LogP contribution is 2.33. The van der Waals surface area contributed by atoms with Gasteiger partial charge in [-0.25, -0.2) is 0 Å². The van der Waals surface area contributed by atoms with Crippen molar-refractivity contribution in [3.8, 4) is 5.75 Å². The summed E-state index contributed by atoms with van der Waals surface area (Å²) in [4.78, 5) is 32.4. The number of imide groups is 1. The number of aryl methyl sites for hydroxylation is 2. The Morgan fingerprint density at radius 3 is 2.45 bits per heavy atom. The number of anilines is 1. The van der Waals surface area contributed by atoms with Gasteiger partial charge in [-0.1, -0.05) is 37.3 Å². The van der Waals surface area contributed by atoms with Crippen molar-refractivity contribution in [1.29, 1.82) is 0 Å². The average Bonchev–Trinajstić information content (AvgIpc) is 3.05. The molecule has 0 radical (unpaired) electrons. The predicted octanol–water partition coefficient (Wildman–Crippen LogP) is 4.88. The van der Waals surface area contributed by atoms with Gasteiger partial charge in [0, 0.05) is 11.9 Å². The van der Waals surface area contributed by atoms with Gasteiger partial charge in [-0.05, 0) is 67.3 Å². The second kappa shape index (κ2) is 9.69. The number of nitrogens with zero attached hydrogens (tertiary/aromatic N) is 2. The Labute approximate surface area is 193 Å². The molecular weight excluding hydrogens is 414 g/mol. The number of hydrogen-bond acceptors (Lipinski definition) is 5. The van der Waals surface area contributed by atoms with Crippen LogP contribution in [0.4, 0.5) is 5.69 Å². The van der Waals surface area contributed by atoms with E-state index in [1.807, 2.05) is 69.3 Å². The van der Waals surface area contributed by atoms with Gasteiger partial charge >= 0.3 is 0 Å². The molecule has 0 saturated heterocycles. The molecule has 4 rings (SSSR count). The number of carbonyl (C=O) groups excluding carboxylic acids is 2. The highest BCUT2D eigenvalue weighted by Gasteiger charge is 2.39. The maximum absolute atomic E-state index is 13.5. The van der Waals surface area contributed by atoms with E-state index >= 15 is 0 Å². The van der Waals surface area contributed by atoms with Crippen LogP contribution < -0.4 is 10.1 Å². The zero-order valence-corrected chi connectivity index (χ0v) is 19.1. The minimum atomic E-state index is -0.368. The summed E-state index contributed by atoms with van der Waals surface area (Å²) in [5.74, 6) is 0.0147. The Kier molecular flexibility index (Phi) is 6.54. The molecule has 1 aromatic heterocycles. The van der Waals surface area contributed by atoms with Crippen molar-refractivity contribution < 1.29 is 14.3 Å². The summed E-state index contributed by atoms with van der Waals surface area (Å²) < 4.78 is 5.67. The van der Waals surface area contributed by atoms with E-state index in [-0.39, 0.29) is 24.1 Å². The van der Waals surface area contributed by atoms with E-state index in [0.29, 0.717) is 23.4 Å². The molecule has 0 aliphatic carbocycles. The lowest BCUT2D eigenvalue weighted by molar-refractivity contribution is -0.137. The van der Waals surface area contributed by atoms with Gasteiger partial charge in [-0.3, -0.25) is 19.5 Å². The molecule has 1 aliphatic heterocycles. The fourth-order valence-electron chi connectivity index (χ4n) is 3.70. The van der Waals surface area contributed by atoms with Gasteiger partial charge in [0.05, 0.1) is 24.4 Å². The van der Waals surface area contributed by atoms with Crippen molar-refractivity contribution in [1.82, 2.24) is 9.88 Å². The minimum Gasteiger partial charge on any atom is -0.494 e. The molecule has 1 N–H and O–H groups in total. The lowest BCUT2D eigenvalue weighted by atomic mass is 10.0. The Morgan fingerprint density at radius 1 is 0.970 bits per heavy atom. The van der Waals surface area contributed by atoms with Gasteiger partial charge in [-0.15, -0.1) is 0 Å². The summed E-state index contributed by atoms with van der Waals surface area (Å²) in [6.07, 6.45) is 2.56. The van der Waals surface area contributed by atoms with E-state index < -0.39 is 0 Å². The second-order valence-electron chi connectivity index (χ2n) is 8.08. The highest BCUT2D eigenvalue weighted by molar-refractivity contribution is 6.36. The topological polar surface area (TPSA) is 71.5 Å². The van der Waals surface area contributed by atoms with E-state index in [4.69, 9.17) is 4.74 Å². The fraction of sp³-hybridized carbons (Fsp3) is 0.222. The first-order valence-corrected chi connectivity index (χ1v) is 11.1. The molecule has 6 nitrogen and oxygen atoms in total. The molecule has 0 unspecified atom stereocenters. The number of ether oxygens (including phenoxy) is 1. The van der Waals surface area contributed by atoms with E-state index in [2.05, 4.69) is 10.3 Å². The fourth-order valence-corrected chi connectivity index (χ4v) is 3.70. The standard InChI is InChI=1S/C27H27N3O3/c1-4-15-33-22-12-10-20(11-13-22)24-25(29-23-16-18(2)8-9-19(23)3)27(32)30(26(24)31)17-21-7-5-6-14-28-21/h5-14,16,29H,4,15,17H2,1-3H3. The molecule has 2 heterocycles. The van der Waals surface area contributed by atoms with Crippen LogP contribution in [0.3, 0.4) is 0 Å². The van der Waals surface area contributed by atoms with Crippen LogP contribution in [0.25, 0.3) is 5.57 Å². The predicted molar refractivity (Wildman–Crippen MR) is 128 cm³/mol. The average molecular weight is 442 g/mol. The number of pyridine rings is 1. The third-order valence-corrected chi connectivity index (χ3v) is 5.48. The number of nitrogens with one attached hydrogen (secondary N) is 1. The van der Waals surface area contributed by atoms with E-state index in [0.717, 1.165) is 29.0 Å². The van der Waals surface area contributed by atoms with E-state index in [1.165, 1.54) is 4.90 Å². The lowest BCUT2D eigenvalue weighted by Gasteiger charge is -2.15. The molecule has 0 spiro atoms.